The molecule has 0 spiro atoms. The summed E-state index contributed by atoms with van der Waals surface area (Å²) in [5, 5.41) is 0. The van der Waals surface area contributed by atoms with Crippen molar-refractivity contribution in [3.63, 3.8) is 0 Å². The second-order valence-electron chi connectivity index (χ2n) is 7.76. The van der Waals surface area contributed by atoms with E-state index in [9.17, 15) is 4.79 Å². The van der Waals surface area contributed by atoms with Crippen molar-refractivity contribution in [2.75, 3.05) is 13.1 Å². The first-order valence-corrected chi connectivity index (χ1v) is 9.45. The highest BCUT2D eigenvalue weighted by Gasteiger charge is 2.40. The van der Waals surface area contributed by atoms with E-state index in [1.165, 1.54) is 27.8 Å². The Bertz CT molecular complexity index is 844. The van der Waals surface area contributed by atoms with Crippen molar-refractivity contribution in [2.45, 2.75) is 44.8 Å². The topological polar surface area (TPSA) is 23.6 Å². The Labute approximate surface area is 149 Å². The molecule has 2 atom stereocenters. The lowest BCUT2D eigenvalue weighted by molar-refractivity contribution is -0.143. The number of piperazine rings is 1. The van der Waals surface area contributed by atoms with Crippen LogP contribution in [0.4, 0.5) is 0 Å². The molecule has 25 heavy (non-hydrogen) atoms. The van der Waals surface area contributed by atoms with Crippen molar-refractivity contribution in [2.24, 2.45) is 0 Å². The summed E-state index contributed by atoms with van der Waals surface area (Å²) >= 11 is 0. The fourth-order valence-electron chi connectivity index (χ4n) is 4.87. The second kappa shape index (κ2) is 5.70. The van der Waals surface area contributed by atoms with E-state index in [4.69, 9.17) is 0 Å². The van der Waals surface area contributed by atoms with Gasteiger partial charge >= 0.3 is 0 Å². The van der Waals surface area contributed by atoms with E-state index in [0.29, 0.717) is 11.9 Å². The van der Waals surface area contributed by atoms with Crippen LogP contribution in [0, 0.1) is 0 Å². The lowest BCUT2D eigenvalue weighted by atomic mass is 10.0. The van der Waals surface area contributed by atoms with E-state index in [2.05, 4.69) is 59.2 Å². The summed E-state index contributed by atoms with van der Waals surface area (Å²) < 4.78 is 0. The summed E-state index contributed by atoms with van der Waals surface area (Å²) in [6, 6.07) is 16.0. The molecule has 2 aromatic rings. The normalized spacial score (nSPS) is 25.0. The van der Waals surface area contributed by atoms with Gasteiger partial charge < -0.3 is 4.90 Å². The third-order valence-corrected chi connectivity index (χ3v) is 6.25. The molecule has 0 aromatic heterocycles. The number of nitrogens with zero attached hydrogens (tertiary/aromatic N) is 2. The molecule has 2 fully saturated rings. The van der Waals surface area contributed by atoms with Gasteiger partial charge in [-0.3, -0.25) is 9.69 Å². The average molecular weight is 332 g/mol. The molecule has 5 rings (SSSR count). The van der Waals surface area contributed by atoms with Crippen LogP contribution in [0.5, 0.6) is 0 Å². The minimum atomic E-state index is -0.000184. The number of fused-ring (bicyclic) bond motifs is 4. The number of benzene rings is 2. The summed E-state index contributed by atoms with van der Waals surface area (Å²) in [6.45, 7) is 4.92. The van der Waals surface area contributed by atoms with E-state index in [0.717, 1.165) is 38.9 Å². The van der Waals surface area contributed by atoms with Crippen LogP contribution >= 0.6 is 0 Å². The Morgan fingerprint density at radius 2 is 1.92 bits per heavy atom. The lowest BCUT2D eigenvalue weighted by Crippen LogP contribution is -2.58. The summed E-state index contributed by atoms with van der Waals surface area (Å²) in [4.78, 5) is 17.1. The fourth-order valence-corrected chi connectivity index (χ4v) is 4.87. The van der Waals surface area contributed by atoms with Gasteiger partial charge in [-0.1, -0.05) is 42.5 Å². The fraction of sp³-hybridized carbons (Fsp3) is 0.409. The standard InChI is InChI=1S/C22H24N2O/c1-15-22(25)24-10-4-6-19(24)14-23(15)13-16-8-9-21-18(11-16)12-17-5-2-3-7-20(17)21/h2-3,5,7-9,11,15,19H,4,6,10,12-14H2,1H3/t15-,19-/m1/s1. The Kier molecular flexibility index (Phi) is 3.46. The summed E-state index contributed by atoms with van der Waals surface area (Å²) in [6.07, 6.45) is 3.35. The predicted octanol–water partition coefficient (Wildman–Crippen LogP) is 3.45. The van der Waals surface area contributed by atoms with Crippen molar-refractivity contribution in [3.05, 3.63) is 59.2 Å². The quantitative estimate of drug-likeness (QED) is 0.717. The molecule has 0 radical (unpaired) electrons. The molecule has 1 aliphatic carbocycles. The van der Waals surface area contributed by atoms with Gasteiger partial charge in [0.05, 0.1) is 6.04 Å². The number of hydrogen-bond acceptors (Lipinski definition) is 2. The highest BCUT2D eigenvalue weighted by molar-refractivity contribution is 5.83. The number of amides is 1. The van der Waals surface area contributed by atoms with Crippen LogP contribution in [0.15, 0.2) is 42.5 Å². The molecule has 3 heteroatoms. The zero-order valence-electron chi connectivity index (χ0n) is 14.7. The molecule has 2 aliphatic heterocycles. The maximum atomic E-state index is 12.6. The molecule has 128 valence electrons. The molecule has 2 saturated heterocycles. The third-order valence-electron chi connectivity index (χ3n) is 6.25. The molecule has 0 N–H and O–H groups in total. The van der Waals surface area contributed by atoms with Gasteiger partial charge in [0.1, 0.15) is 0 Å². The smallest absolute Gasteiger partial charge is 0.239 e. The highest BCUT2D eigenvalue weighted by Crippen LogP contribution is 2.37. The van der Waals surface area contributed by atoms with E-state index < -0.39 is 0 Å². The Morgan fingerprint density at radius 3 is 2.84 bits per heavy atom. The Hall–Kier alpha value is -2.13. The van der Waals surface area contributed by atoms with Crippen LogP contribution in [-0.4, -0.2) is 40.9 Å². The molecular formula is C22H24N2O. The number of carbonyl (C=O) groups is 1. The molecule has 2 aromatic carbocycles. The Balaban J connectivity index is 1.39. The minimum Gasteiger partial charge on any atom is -0.337 e. The summed E-state index contributed by atoms with van der Waals surface area (Å²) in [7, 11) is 0. The predicted molar refractivity (Wildman–Crippen MR) is 99.3 cm³/mol. The van der Waals surface area contributed by atoms with E-state index in [1.807, 2.05) is 0 Å². The monoisotopic (exact) mass is 332 g/mol. The average Bonchev–Trinajstić information content (AvgIpc) is 3.23. The molecule has 0 unspecified atom stereocenters. The molecule has 1 amide bonds. The molecule has 0 bridgehead atoms. The van der Waals surface area contributed by atoms with Crippen molar-refractivity contribution < 1.29 is 4.79 Å². The van der Waals surface area contributed by atoms with Crippen molar-refractivity contribution in [1.82, 2.24) is 9.80 Å². The van der Waals surface area contributed by atoms with E-state index >= 15 is 0 Å². The lowest BCUT2D eigenvalue weighted by Gasteiger charge is -2.41. The number of rotatable bonds is 2. The van der Waals surface area contributed by atoms with Crippen LogP contribution < -0.4 is 0 Å². The zero-order chi connectivity index (χ0) is 17.0. The van der Waals surface area contributed by atoms with Gasteiger partial charge in [0.25, 0.3) is 0 Å². The molecule has 3 nitrogen and oxygen atoms in total. The van der Waals surface area contributed by atoms with Crippen LogP contribution in [0.3, 0.4) is 0 Å². The zero-order valence-corrected chi connectivity index (χ0v) is 14.7. The van der Waals surface area contributed by atoms with Crippen LogP contribution in [0.2, 0.25) is 0 Å². The minimum absolute atomic E-state index is 0.000184. The van der Waals surface area contributed by atoms with E-state index in [-0.39, 0.29) is 6.04 Å². The van der Waals surface area contributed by atoms with Crippen molar-refractivity contribution >= 4 is 5.91 Å². The first-order chi connectivity index (χ1) is 12.2. The number of carbonyl (C=O) groups excluding carboxylic acids is 1. The van der Waals surface area contributed by atoms with Gasteiger partial charge in [-0.05, 0) is 54.0 Å². The first-order valence-electron chi connectivity index (χ1n) is 9.45. The maximum absolute atomic E-state index is 12.6. The van der Waals surface area contributed by atoms with Gasteiger partial charge in [-0.25, -0.2) is 0 Å². The Morgan fingerprint density at radius 1 is 1.08 bits per heavy atom. The SMILES string of the molecule is C[C@@H]1C(=O)N2CCC[C@@H]2CN1Cc1ccc2c(c1)Cc1ccccc1-2. The molecular weight excluding hydrogens is 308 g/mol. The van der Waals surface area contributed by atoms with Crippen LogP contribution in [-0.2, 0) is 17.8 Å². The first kappa shape index (κ1) is 15.2. The summed E-state index contributed by atoms with van der Waals surface area (Å²) in [5.41, 5.74) is 6.95. The molecule has 2 heterocycles. The summed E-state index contributed by atoms with van der Waals surface area (Å²) in [5.74, 6) is 0.322. The van der Waals surface area contributed by atoms with Gasteiger partial charge in [0, 0.05) is 25.7 Å². The molecule has 3 aliphatic rings. The maximum Gasteiger partial charge on any atom is 0.239 e. The van der Waals surface area contributed by atoms with Crippen molar-refractivity contribution in [3.8, 4) is 11.1 Å². The largest absolute Gasteiger partial charge is 0.337 e. The third kappa shape index (κ3) is 2.41. The van der Waals surface area contributed by atoms with Crippen molar-refractivity contribution in [1.29, 1.82) is 0 Å². The van der Waals surface area contributed by atoms with Gasteiger partial charge in [-0.15, -0.1) is 0 Å². The number of hydrogen-bond donors (Lipinski definition) is 0. The van der Waals surface area contributed by atoms with Gasteiger partial charge in [-0.2, -0.15) is 0 Å². The van der Waals surface area contributed by atoms with E-state index in [1.54, 1.807) is 0 Å². The molecule has 0 saturated carbocycles. The highest BCUT2D eigenvalue weighted by atomic mass is 16.2. The van der Waals surface area contributed by atoms with Crippen LogP contribution in [0.1, 0.15) is 36.5 Å². The van der Waals surface area contributed by atoms with Gasteiger partial charge in [0.15, 0.2) is 0 Å². The van der Waals surface area contributed by atoms with Crippen LogP contribution in [0.25, 0.3) is 11.1 Å². The second-order valence-corrected chi connectivity index (χ2v) is 7.76. The van der Waals surface area contributed by atoms with Gasteiger partial charge in [0.2, 0.25) is 5.91 Å².